The molecule has 4 rings (SSSR count). The van der Waals surface area contributed by atoms with Crippen LogP contribution in [0.15, 0.2) is 23.5 Å². The normalized spacial score (nSPS) is 19.4. The van der Waals surface area contributed by atoms with E-state index in [0.717, 1.165) is 27.8 Å². The zero-order chi connectivity index (χ0) is 12.2. The highest BCUT2D eigenvalue weighted by Crippen LogP contribution is 2.51. The Bertz CT molecular complexity index is 634. The number of thioether (sulfide) groups is 1. The number of nitrogens with zero attached hydrogens (tertiary/aromatic N) is 5. The van der Waals surface area contributed by atoms with Crippen LogP contribution in [-0.2, 0) is 5.54 Å². The Morgan fingerprint density at radius 2 is 2.06 bits per heavy atom. The topological polar surface area (TPSA) is 68.5 Å². The lowest BCUT2D eigenvalue weighted by atomic mass is 10.1. The zero-order valence-corrected chi connectivity index (χ0v) is 10.8. The van der Waals surface area contributed by atoms with Gasteiger partial charge in [-0.15, -0.1) is 15.0 Å². The molecule has 3 heterocycles. The van der Waals surface area contributed by atoms with Crippen molar-refractivity contribution in [3.8, 4) is 5.82 Å². The maximum Gasteiger partial charge on any atom is 0.196 e. The Morgan fingerprint density at radius 1 is 1.28 bits per heavy atom. The van der Waals surface area contributed by atoms with Crippen molar-refractivity contribution in [1.29, 1.82) is 0 Å². The van der Waals surface area contributed by atoms with Crippen LogP contribution < -0.4 is 5.32 Å². The summed E-state index contributed by atoms with van der Waals surface area (Å²) in [5, 5.41) is 20.8. The van der Waals surface area contributed by atoms with Crippen molar-refractivity contribution in [3.05, 3.63) is 24.0 Å². The van der Waals surface area contributed by atoms with E-state index in [0.29, 0.717) is 5.82 Å². The lowest BCUT2D eigenvalue weighted by molar-refractivity contribution is 0.607. The number of rotatable bonds is 1. The Kier molecular flexibility index (Phi) is 2.01. The number of fused-ring (bicyclic) bond motifs is 2. The molecular formula is C10H8N6S2. The van der Waals surface area contributed by atoms with E-state index in [1.54, 1.807) is 12.4 Å². The van der Waals surface area contributed by atoms with Crippen LogP contribution in [0, 0.1) is 0 Å². The second-order valence-corrected chi connectivity index (χ2v) is 6.00. The fourth-order valence-corrected chi connectivity index (χ4v) is 3.42. The largest absolute Gasteiger partial charge is 0.361 e. The first kappa shape index (κ1) is 10.4. The van der Waals surface area contributed by atoms with E-state index in [2.05, 4.69) is 25.7 Å². The summed E-state index contributed by atoms with van der Waals surface area (Å²) in [6, 6.07) is 2.00. The van der Waals surface area contributed by atoms with Crippen LogP contribution in [0.5, 0.6) is 0 Å². The molecule has 8 heteroatoms. The molecule has 0 saturated heterocycles. The third kappa shape index (κ3) is 1.45. The van der Waals surface area contributed by atoms with Gasteiger partial charge < -0.3 is 5.32 Å². The molecule has 6 nitrogen and oxygen atoms in total. The zero-order valence-electron chi connectivity index (χ0n) is 9.20. The van der Waals surface area contributed by atoms with E-state index in [1.807, 2.05) is 6.07 Å². The number of hydrogen-bond donors (Lipinski definition) is 1. The molecule has 90 valence electrons. The van der Waals surface area contributed by atoms with Crippen LogP contribution in [0.4, 0.5) is 0 Å². The molecular weight excluding hydrogens is 268 g/mol. The molecule has 1 N–H and O–H groups in total. The third-order valence-electron chi connectivity index (χ3n) is 3.17. The fourth-order valence-electron chi connectivity index (χ4n) is 2.12. The lowest BCUT2D eigenvalue weighted by Gasteiger charge is -2.26. The summed E-state index contributed by atoms with van der Waals surface area (Å²) in [5.74, 6) is 0.639. The van der Waals surface area contributed by atoms with Crippen molar-refractivity contribution in [3.63, 3.8) is 0 Å². The van der Waals surface area contributed by atoms with E-state index in [-0.39, 0.29) is 5.54 Å². The predicted octanol–water partition coefficient (Wildman–Crippen LogP) is 1.03. The quantitative estimate of drug-likeness (QED) is 0.780. The molecule has 1 saturated carbocycles. The van der Waals surface area contributed by atoms with Crippen molar-refractivity contribution >= 4 is 28.3 Å². The summed E-state index contributed by atoms with van der Waals surface area (Å²) in [6.07, 6.45) is 5.41. The number of nitrogens with one attached hydrogen (secondary N) is 1. The lowest BCUT2D eigenvalue weighted by Crippen LogP contribution is -2.36. The molecule has 0 atom stereocenters. The summed E-state index contributed by atoms with van der Waals surface area (Å²) in [5.41, 5.74) is 1.14. The van der Waals surface area contributed by atoms with E-state index in [9.17, 15) is 0 Å². The average molecular weight is 276 g/mol. The molecule has 0 aromatic carbocycles. The summed E-state index contributed by atoms with van der Waals surface area (Å²) in [6.45, 7) is 0. The van der Waals surface area contributed by atoms with Gasteiger partial charge in [-0.2, -0.15) is 10.2 Å². The molecule has 1 spiro atoms. The standard InChI is InChI=1S/C10H8N6S2/c17-9-13-10(1-2-10)6-5-7(14-15-8(6)18-9)16-11-3-4-12-16/h3-5H,1-2H2,(H,13,17). The molecule has 2 aromatic heterocycles. The minimum Gasteiger partial charge on any atom is -0.361 e. The summed E-state index contributed by atoms with van der Waals surface area (Å²) in [4.78, 5) is 1.47. The van der Waals surface area contributed by atoms with E-state index < -0.39 is 0 Å². The first-order valence-electron chi connectivity index (χ1n) is 5.52. The van der Waals surface area contributed by atoms with Crippen LogP contribution in [0.25, 0.3) is 5.82 Å². The molecule has 18 heavy (non-hydrogen) atoms. The number of thiocarbonyl (C=S) groups is 1. The molecule has 0 bridgehead atoms. The molecule has 2 aliphatic rings. The SMILES string of the molecule is S=C1NC2(CC2)c2cc(-n3nccn3)nnc2S1. The van der Waals surface area contributed by atoms with Gasteiger partial charge in [0, 0.05) is 5.56 Å². The maximum atomic E-state index is 5.24. The first-order chi connectivity index (χ1) is 8.77. The van der Waals surface area contributed by atoms with Gasteiger partial charge in [-0.05, 0) is 30.7 Å². The van der Waals surface area contributed by atoms with Crippen LogP contribution >= 0.6 is 24.0 Å². The first-order valence-corrected chi connectivity index (χ1v) is 6.74. The minimum atomic E-state index is -0.0183. The van der Waals surface area contributed by atoms with Crippen LogP contribution in [0.3, 0.4) is 0 Å². The van der Waals surface area contributed by atoms with E-state index in [4.69, 9.17) is 12.2 Å². The highest BCUT2D eigenvalue weighted by atomic mass is 32.2. The predicted molar refractivity (Wildman–Crippen MR) is 69.5 cm³/mol. The van der Waals surface area contributed by atoms with E-state index >= 15 is 0 Å². The second-order valence-electron chi connectivity index (χ2n) is 4.34. The smallest absolute Gasteiger partial charge is 0.196 e. The highest BCUT2D eigenvalue weighted by molar-refractivity contribution is 8.23. The Hall–Kier alpha value is -1.54. The Labute approximate surface area is 112 Å². The minimum absolute atomic E-state index is 0.0183. The van der Waals surface area contributed by atoms with Gasteiger partial charge in [-0.1, -0.05) is 12.2 Å². The van der Waals surface area contributed by atoms with Crippen LogP contribution in [0.2, 0.25) is 0 Å². The molecule has 2 aromatic rings. The van der Waals surface area contributed by atoms with Gasteiger partial charge in [-0.3, -0.25) is 0 Å². The third-order valence-corrected chi connectivity index (χ3v) is 4.30. The van der Waals surface area contributed by atoms with Crippen LogP contribution in [0.1, 0.15) is 18.4 Å². The molecule has 0 unspecified atom stereocenters. The molecule has 1 aliphatic heterocycles. The van der Waals surface area contributed by atoms with Gasteiger partial charge in [0.15, 0.2) is 5.82 Å². The summed E-state index contributed by atoms with van der Waals surface area (Å²) >= 11 is 6.69. The molecule has 0 radical (unpaired) electrons. The average Bonchev–Trinajstić information content (AvgIpc) is 2.93. The number of hydrogen-bond acceptors (Lipinski definition) is 6. The molecule has 1 aliphatic carbocycles. The van der Waals surface area contributed by atoms with Gasteiger partial charge in [0.1, 0.15) is 9.35 Å². The highest BCUT2D eigenvalue weighted by Gasteiger charge is 2.49. The van der Waals surface area contributed by atoms with Crippen molar-refractivity contribution in [2.24, 2.45) is 0 Å². The summed E-state index contributed by atoms with van der Waals surface area (Å²) < 4.78 is 0.777. The van der Waals surface area contributed by atoms with E-state index in [1.165, 1.54) is 16.6 Å². The monoisotopic (exact) mass is 276 g/mol. The fraction of sp³-hybridized carbons (Fsp3) is 0.300. The molecule has 1 fully saturated rings. The Balaban J connectivity index is 1.86. The van der Waals surface area contributed by atoms with Crippen LogP contribution in [-0.4, -0.2) is 29.5 Å². The van der Waals surface area contributed by atoms with Crippen molar-refractivity contribution in [1.82, 2.24) is 30.5 Å². The van der Waals surface area contributed by atoms with Crippen molar-refractivity contribution < 1.29 is 0 Å². The van der Waals surface area contributed by atoms with Gasteiger partial charge in [0.25, 0.3) is 0 Å². The van der Waals surface area contributed by atoms with Gasteiger partial charge in [-0.25, -0.2) is 0 Å². The maximum absolute atomic E-state index is 5.24. The number of aromatic nitrogens is 5. The Morgan fingerprint density at radius 3 is 2.78 bits per heavy atom. The molecule has 0 amide bonds. The second kappa shape index (κ2) is 3.48. The van der Waals surface area contributed by atoms with Crippen molar-refractivity contribution in [2.45, 2.75) is 23.4 Å². The van der Waals surface area contributed by atoms with Gasteiger partial charge >= 0.3 is 0 Å². The van der Waals surface area contributed by atoms with Crippen molar-refractivity contribution in [2.75, 3.05) is 0 Å². The van der Waals surface area contributed by atoms with Gasteiger partial charge in [0.2, 0.25) is 0 Å². The summed E-state index contributed by atoms with van der Waals surface area (Å²) in [7, 11) is 0. The van der Waals surface area contributed by atoms with Gasteiger partial charge in [0.05, 0.1) is 17.9 Å².